The Kier molecular flexibility index (Phi) is 5.73. The van der Waals surface area contributed by atoms with Crippen LogP contribution >= 0.6 is 0 Å². The van der Waals surface area contributed by atoms with E-state index in [4.69, 9.17) is 10.7 Å². The average Bonchev–Trinajstić information content (AvgIpc) is 2.68. The highest BCUT2D eigenvalue weighted by Crippen LogP contribution is 2.31. The van der Waals surface area contributed by atoms with Crippen LogP contribution in [0.15, 0.2) is 59.6 Å². The van der Waals surface area contributed by atoms with Gasteiger partial charge in [-0.3, -0.25) is 10.1 Å². The van der Waals surface area contributed by atoms with Crippen LogP contribution in [-0.4, -0.2) is 17.4 Å². The molecule has 5 nitrogen and oxygen atoms in total. The number of nitrogens with two attached hydrogens (primary N) is 1. The van der Waals surface area contributed by atoms with E-state index in [1.165, 1.54) is 5.56 Å². The minimum absolute atomic E-state index is 0.0504. The van der Waals surface area contributed by atoms with Gasteiger partial charge in [0.25, 0.3) is 0 Å². The number of aromatic nitrogens is 1. The van der Waals surface area contributed by atoms with E-state index in [1.807, 2.05) is 30.3 Å². The second kappa shape index (κ2) is 8.21. The second-order valence-electron chi connectivity index (χ2n) is 7.69. The van der Waals surface area contributed by atoms with Crippen molar-refractivity contribution in [3.63, 3.8) is 0 Å². The Balaban J connectivity index is 2.01. The first kappa shape index (κ1) is 19.5. The normalized spacial score (nSPS) is 12.2. The maximum absolute atomic E-state index is 10.6. The van der Waals surface area contributed by atoms with Crippen LogP contribution in [-0.2, 0) is 11.2 Å². The molecule has 0 saturated heterocycles. The summed E-state index contributed by atoms with van der Waals surface area (Å²) < 4.78 is 0. The first-order valence-corrected chi connectivity index (χ1v) is 9.45. The first-order chi connectivity index (χ1) is 13.4. The topological polar surface area (TPSA) is 80.4 Å². The van der Waals surface area contributed by atoms with E-state index in [9.17, 15) is 4.79 Å². The Hall–Kier alpha value is -3.21. The van der Waals surface area contributed by atoms with Crippen LogP contribution in [0, 0.1) is 5.41 Å². The molecule has 0 aliphatic heterocycles. The minimum atomic E-state index is 0.0504. The highest BCUT2D eigenvalue weighted by Gasteiger charge is 2.16. The van der Waals surface area contributed by atoms with E-state index in [0.29, 0.717) is 12.1 Å². The lowest BCUT2D eigenvalue weighted by Crippen LogP contribution is -2.29. The Morgan fingerprint density at radius 1 is 1.18 bits per heavy atom. The third kappa shape index (κ3) is 4.55. The van der Waals surface area contributed by atoms with Gasteiger partial charge in [0, 0.05) is 10.9 Å². The number of carbonyl (C=O) groups is 1. The molecule has 1 amide bonds. The summed E-state index contributed by atoms with van der Waals surface area (Å²) in [5, 5.41) is 3.26. The van der Waals surface area contributed by atoms with Crippen LogP contribution in [0.1, 0.15) is 32.8 Å². The van der Waals surface area contributed by atoms with E-state index >= 15 is 0 Å². The van der Waals surface area contributed by atoms with E-state index < -0.39 is 0 Å². The van der Waals surface area contributed by atoms with Gasteiger partial charge in [0.05, 0.1) is 16.9 Å². The molecule has 1 aromatic heterocycles. The van der Waals surface area contributed by atoms with Crippen molar-refractivity contribution in [2.75, 3.05) is 0 Å². The average molecular weight is 374 g/mol. The van der Waals surface area contributed by atoms with Crippen molar-refractivity contribution in [3.8, 4) is 11.3 Å². The molecule has 28 heavy (non-hydrogen) atoms. The van der Waals surface area contributed by atoms with Crippen LogP contribution < -0.4 is 11.1 Å². The van der Waals surface area contributed by atoms with E-state index in [1.54, 1.807) is 0 Å². The summed E-state index contributed by atoms with van der Waals surface area (Å²) in [5.74, 6) is 0.0504. The number of carbonyl (C=O) groups excluding carboxylic acids is 1. The lowest BCUT2D eigenvalue weighted by atomic mass is 9.83. The molecule has 0 radical (unpaired) electrons. The van der Waals surface area contributed by atoms with E-state index in [-0.39, 0.29) is 11.4 Å². The van der Waals surface area contributed by atoms with Crippen LogP contribution in [0.2, 0.25) is 0 Å². The molecular weight excluding hydrogens is 348 g/mol. The summed E-state index contributed by atoms with van der Waals surface area (Å²) in [6.07, 6.45) is 2.69. The number of hydrogen-bond donors (Lipinski definition) is 2. The zero-order valence-electron chi connectivity index (χ0n) is 16.6. The molecule has 3 N–H and O–H groups in total. The van der Waals surface area contributed by atoms with Gasteiger partial charge in [0.15, 0.2) is 5.96 Å². The predicted molar refractivity (Wildman–Crippen MR) is 115 cm³/mol. The second-order valence-corrected chi connectivity index (χ2v) is 7.69. The smallest absolute Gasteiger partial charge is 0.213 e. The molecule has 0 unspecified atom stereocenters. The van der Waals surface area contributed by atoms with Crippen LogP contribution in [0.4, 0.5) is 5.69 Å². The third-order valence-corrected chi connectivity index (χ3v) is 5.03. The number of nitrogens with one attached hydrogen (secondary N) is 1. The lowest BCUT2D eigenvalue weighted by molar-refractivity contribution is -0.108. The van der Waals surface area contributed by atoms with Gasteiger partial charge in [-0.05, 0) is 29.5 Å². The molecule has 1 heterocycles. The highest BCUT2D eigenvalue weighted by molar-refractivity contribution is 5.97. The minimum Gasteiger partial charge on any atom is -0.369 e. The molecule has 0 aliphatic carbocycles. The zero-order chi connectivity index (χ0) is 20.1. The van der Waals surface area contributed by atoms with Gasteiger partial charge >= 0.3 is 0 Å². The molecule has 144 valence electrons. The molecule has 2 aromatic carbocycles. The number of fused-ring (bicyclic) bond motifs is 1. The van der Waals surface area contributed by atoms with Gasteiger partial charge in [0.1, 0.15) is 0 Å². The molecule has 0 bridgehead atoms. The fourth-order valence-electron chi connectivity index (χ4n) is 3.09. The predicted octanol–water partition coefficient (Wildman–Crippen LogP) is 4.57. The molecular formula is C23H26N4O. The van der Waals surface area contributed by atoms with Gasteiger partial charge in [-0.1, -0.05) is 69.7 Å². The standard InChI is InChI=1S/C23H26N4O/c1-4-23(2,3)14-16-9-11-17(12-10-16)20-13-21(27-22(24)25-15-28)18-7-5-6-8-19(18)26-20/h5-13,15H,4,14H2,1-3H3,(H3,24,25,26,27,28). The summed E-state index contributed by atoms with van der Waals surface area (Å²) >= 11 is 0. The summed E-state index contributed by atoms with van der Waals surface area (Å²) in [4.78, 5) is 19.8. The number of hydrogen-bond acceptors (Lipinski definition) is 3. The molecule has 3 aromatic rings. The van der Waals surface area contributed by atoms with Gasteiger partial charge in [-0.2, -0.15) is 0 Å². The lowest BCUT2D eigenvalue weighted by Gasteiger charge is -2.22. The van der Waals surface area contributed by atoms with Crippen molar-refractivity contribution < 1.29 is 4.79 Å². The molecule has 0 atom stereocenters. The number of pyridine rings is 1. The van der Waals surface area contributed by atoms with Crippen molar-refractivity contribution in [3.05, 3.63) is 60.2 Å². The third-order valence-electron chi connectivity index (χ3n) is 5.03. The number of benzene rings is 2. The number of guanidine groups is 1. The Bertz CT molecular complexity index is 1010. The summed E-state index contributed by atoms with van der Waals surface area (Å²) in [5.41, 5.74) is 10.7. The molecule has 0 fully saturated rings. The maximum Gasteiger partial charge on any atom is 0.213 e. The fraction of sp³-hybridized carbons (Fsp3) is 0.261. The van der Waals surface area contributed by atoms with Crippen LogP contribution in [0.25, 0.3) is 22.2 Å². The quantitative estimate of drug-likeness (QED) is 0.377. The highest BCUT2D eigenvalue weighted by atomic mass is 16.1. The molecule has 3 rings (SSSR count). The Labute approximate surface area is 165 Å². The monoisotopic (exact) mass is 374 g/mol. The van der Waals surface area contributed by atoms with Crippen molar-refractivity contribution in [2.45, 2.75) is 33.6 Å². The molecule has 0 aliphatic rings. The first-order valence-electron chi connectivity index (χ1n) is 9.45. The number of aliphatic imine (C=N–C) groups is 1. The van der Waals surface area contributed by atoms with E-state index in [0.717, 1.165) is 35.0 Å². The number of para-hydroxylation sites is 1. The summed E-state index contributed by atoms with van der Waals surface area (Å²) in [6, 6.07) is 18.2. The van der Waals surface area contributed by atoms with Gasteiger partial charge in [-0.15, -0.1) is 0 Å². The molecule has 0 spiro atoms. The fourth-order valence-corrected chi connectivity index (χ4v) is 3.09. The van der Waals surface area contributed by atoms with Crippen molar-refractivity contribution in [1.29, 1.82) is 0 Å². The van der Waals surface area contributed by atoms with Gasteiger partial charge in [0.2, 0.25) is 6.41 Å². The Morgan fingerprint density at radius 3 is 2.57 bits per heavy atom. The van der Waals surface area contributed by atoms with E-state index in [2.05, 4.69) is 55.3 Å². The largest absolute Gasteiger partial charge is 0.369 e. The van der Waals surface area contributed by atoms with Crippen molar-refractivity contribution in [1.82, 2.24) is 10.3 Å². The number of rotatable bonds is 6. The SMILES string of the molecule is CCC(C)(C)Cc1ccc(-c2cc(N=C(N)NC=O)c3ccccc3n2)cc1. The van der Waals surface area contributed by atoms with Gasteiger partial charge in [-0.25, -0.2) is 9.98 Å². The Morgan fingerprint density at radius 2 is 1.89 bits per heavy atom. The van der Waals surface area contributed by atoms with Gasteiger partial charge < -0.3 is 5.73 Å². The number of amides is 1. The maximum atomic E-state index is 10.6. The van der Waals surface area contributed by atoms with Crippen LogP contribution in [0.3, 0.4) is 0 Å². The van der Waals surface area contributed by atoms with Crippen LogP contribution in [0.5, 0.6) is 0 Å². The van der Waals surface area contributed by atoms with Crippen molar-refractivity contribution >= 4 is 29.0 Å². The zero-order valence-corrected chi connectivity index (χ0v) is 16.6. The summed E-state index contributed by atoms with van der Waals surface area (Å²) in [6.45, 7) is 6.79. The molecule has 0 saturated carbocycles. The summed E-state index contributed by atoms with van der Waals surface area (Å²) in [7, 11) is 0. The number of nitrogens with zero attached hydrogens (tertiary/aromatic N) is 2. The van der Waals surface area contributed by atoms with Crippen molar-refractivity contribution in [2.24, 2.45) is 16.1 Å². The molecule has 5 heteroatoms.